The molecule has 34 heavy (non-hydrogen) atoms. The fourth-order valence-corrected chi connectivity index (χ4v) is 4.72. The number of hydrogen-bond donors (Lipinski definition) is 2. The van der Waals surface area contributed by atoms with Crippen molar-refractivity contribution in [2.45, 2.75) is 30.9 Å². The third-order valence-corrected chi connectivity index (χ3v) is 6.73. The topological polar surface area (TPSA) is 92.3 Å². The molecule has 9 heteroatoms. The smallest absolute Gasteiger partial charge is 0.255 e. The zero-order chi connectivity index (χ0) is 23.1. The first-order valence-electron chi connectivity index (χ1n) is 11.6. The molecule has 0 bridgehead atoms. The average molecular weight is 461 g/mol. The van der Waals surface area contributed by atoms with Gasteiger partial charge in [-0.05, 0) is 43.7 Å². The molecule has 3 fully saturated rings. The highest BCUT2D eigenvalue weighted by Crippen LogP contribution is 2.32. The zero-order valence-electron chi connectivity index (χ0n) is 18.6. The molecule has 2 aromatic heterocycles. The molecule has 174 valence electrons. The Labute approximate surface area is 196 Å². The molecule has 8 nitrogen and oxygen atoms in total. The zero-order valence-corrected chi connectivity index (χ0v) is 18.6. The van der Waals surface area contributed by atoms with E-state index in [1.807, 2.05) is 17.0 Å². The number of morpholine rings is 1. The Bertz CT molecular complexity index is 1230. The molecule has 2 N–H and O–H groups in total. The van der Waals surface area contributed by atoms with Gasteiger partial charge in [-0.15, -0.1) is 0 Å². The lowest BCUT2D eigenvalue weighted by Crippen LogP contribution is -2.71. The number of halogens is 1. The fraction of sp³-hybridized carbons (Fsp3) is 0.360. The Morgan fingerprint density at radius 1 is 1.21 bits per heavy atom. The number of nitrogens with one attached hydrogen (secondary N) is 2. The van der Waals surface area contributed by atoms with E-state index in [9.17, 15) is 9.18 Å². The van der Waals surface area contributed by atoms with E-state index in [0.29, 0.717) is 35.9 Å². The highest BCUT2D eigenvalue weighted by Gasteiger charge is 2.49. The molecule has 3 aliphatic rings. The molecule has 3 atom stereocenters. The second kappa shape index (κ2) is 8.73. The molecule has 0 spiro atoms. The number of likely N-dealkylation sites (tertiary alicyclic amines) is 1. The van der Waals surface area contributed by atoms with Crippen LogP contribution in [0.2, 0.25) is 0 Å². The van der Waals surface area contributed by atoms with Crippen molar-refractivity contribution >= 4 is 17.4 Å². The molecule has 0 saturated carbocycles. The van der Waals surface area contributed by atoms with Gasteiger partial charge in [-0.25, -0.2) is 14.4 Å². The minimum absolute atomic E-state index is 0.0391. The Morgan fingerprint density at radius 3 is 2.88 bits per heavy atom. The maximum atomic E-state index is 13.7. The van der Waals surface area contributed by atoms with Gasteiger partial charge in [-0.1, -0.05) is 6.07 Å². The Hall–Kier alpha value is -3.43. The molecule has 3 aliphatic heterocycles. The van der Waals surface area contributed by atoms with Gasteiger partial charge in [-0.3, -0.25) is 9.78 Å². The van der Waals surface area contributed by atoms with Crippen LogP contribution in [0, 0.1) is 5.82 Å². The quantitative estimate of drug-likeness (QED) is 0.604. The van der Waals surface area contributed by atoms with Crippen LogP contribution >= 0.6 is 0 Å². The van der Waals surface area contributed by atoms with Crippen LogP contribution in [0.4, 0.5) is 15.9 Å². The summed E-state index contributed by atoms with van der Waals surface area (Å²) in [5, 5.41) is 6.61. The fourth-order valence-electron chi connectivity index (χ4n) is 4.72. The SMILES string of the molecule is O=C(c1cncc(-c2cc(Nc3cccc(F)c3)nc(C3CCCNC3)n2)c1)N1CC2OCC21. The summed E-state index contributed by atoms with van der Waals surface area (Å²) in [6.45, 7) is 3.02. The molecule has 0 radical (unpaired) electrons. The van der Waals surface area contributed by atoms with E-state index in [-0.39, 0.29) is 29.8 Å². The minimum atomic E-state index is -0.323. The van der Waals surface area contributed by atoms with Crippen molar-refractivity contribution in [2.75, 3.05) is 31.6 Å². The summed E-state index contributed by atoms with van der Waals surface area (Å²) in [6, 6.07) is 10.1. The number of pyridine rings is 1. The number of rotatable bonds is 5. The molecule has 1 aromatic carbocycles. The maximum absolute atomic E-state index is 13.7. The number of benzene rings is 1. The molecule has 3 saturated heterocycles. The highest BCUT2D eigenvalue weighted by atomic mass is 19.1. The van der Waals surface area contributed by atoms with Crippen LogP contribution in [0.25, 0.3) is 11.3 Å². The van der Waals surface area contributed by atoms with Gasteiger partial charge in [0.1, 0.15) is 17.5 Å². The van der Waals surface area contributed by atoms with Gasteiger partial charge < -0.3 is 20.3 Å². The number of ether oxygens (including phenoxy) is 1. The number of fused-ring (bicyclic) bond motifs is 1. The highest BCUT2D eigenvalue weighted by molar-refractivity contribution is 5.96. The lowest BCUT2D eigenvalue weighted by Gasteiger charge is -2.54. The summed E-state index contributed by atoms with van der Waals surface area (Å²) in [6.07, 6.45) is 5.53. The van der Waals surface area contributed by atoms with Crippen LogP contribution in [0.5, 0.6) is 0 Å². The van der Waals surface area contributed by atoms with Gasteiger partial charge in [0, 0.05) is 48.7 Å². The van der Waals surface area contributed by atoms with Crippen molar-refractivity contribution in [3.63, 3.8) is 0 Å². The van der Waals surface area contributed by atoms with E-state index >= 15 is 0 Å². The number of piperidine rings is 1. The lowest BCUT2D eigenvalue weighted by atomic mass is 9.93. The summed E-state index contributed by atoms with van der Waals surface area (Å²) < 4.78 is 19.1. The van der Waals surface area contributed by atoms with Crippen molar-refractivity contribution in [3.05, 3.63) is 66.0 Å². The van der Waals surface area contributed by atoms with Gasteiger partial charge >= 0.3 is 0 Å². The Morgan fingerprint density at radius 2 is 2.15 bits per heavy atom. The molecular weight excluding hydrogens is 435 g/mol. The van der Waals surface area contributed by atoms with E-state index in [2.05, 4.69) is 15.6 Å². The standard InChI is InChI=1S/C25H25FN6O2/c26-18-4-1-5-19(8-18)29-23-9-20(30-24(31-23)15-3-2-6-27-10-15)16-7-17(12-28-11-16)25(33)32-13-22-21(32)14-34-22/h1,4-5,7-9,11-12,15,21-22,27H,2-3,6,10,13-14H2,(H,29,30,31). The van der Waals surface area contributed by atoms with Crippen molar-refractivity contribution in [1.29, 1.82) is 0 Å². The van der Waals surface area contributed by atoms with Crippen LogP contribution in [-0.4, -0.2) is 64.1 Å². The largest absolute Gasteiger partial charge is 0.372 e. The van der Waals surface area contributed by atoms with Crippen molar-refractivity contribution < 1.29 is 13.9 Å². The summed E-state index contributed by atoms with van der Waals surface area (Å²) in [7, 11) is 0. The molecule has 3 unspecified atom stereocenters. The summed E-state index contributed by atoms with van der Waals surface area (Å²) in [5.74, 6) is 1.11. The molecule has 5 heterocycles. The summed E-state index contributed by atoms with van der Waals surface area (Å²) >= 11 is 0. The molecule has 0 aliphatic carbocycles. The van der Waals surface area contributed by atoms with E-state index in [1.54, 1.807) is 24.5 Å². The predicted molar refractivity (Wildman–Crippen MR) is 124 cm³/mol. The molecular formula is C25H25FN6O2. The minimum Gasteiger partial charge on any atom is -0.372 e. The summed E-state index contributed by atoms with van der Waals surface area (Å²) in [4.78, 5) is 28.8. The number of hydrogen-bond acceptors (Lipinski definition) is 7. The number of carbonyl (C=O) groups is 1. The molecule has 1 amide bonds. The van der Waals surface area contributed by atoms with E-state index in [4.69, 9.17) is 14.7 Å². The Balaban J connectivity index is 1.33. The van der Waals surface area contributed by atoms with E-state index < -0.39 is 0 Å². The van der Waals surface area contributed by atoms with Crippen LogP contribution in [0.1, 0.15) is 34.9 Å². The lowest BCUT2D eigenvalue weighted by molar-refractivity contribution is -0.195. The second-order valence-corrected chi connectivity index (χ2v) is 9.03. The first-order chi connectivity index (χ1) is 16.6. The van der Waals surface area contributed by atoms with Gasteiger partial charge in [0.25, 0.3) is 5.91 Å². The molecule has 6 rings (SSSR count). The number of nitrogens with zero attached hydrogens (tertiary/aromatic N) is 4. The van der Waals surface area contributed by atoms with Gasteiger partial charge in [0.05, 0.1) is 30.0 Å². The van der Waals surface area contributed by atoms with Crippen LogP contribution in [-0.2, 0) is 4.74 Å². The first kappa shape index (κ1) is 21.1. The monoisotopic (exact) mass is 460 g/mol. The maximum Gasteiger partial charge on any atom is 0.255 e. The van der Waals surface area contributed by atoms with E-state index in [1.165, 1.54) is 12.1 Å². The number of anilines is 2. The van der Waals surface area contributed by atoms with E-state index in [0.717, 1.165) is 37.3 Å². The number of aromatic nitrogens is 3. The van der Waals surface area contributed by atoms with Gasteiger partial charge in [0.2, 0.25) is 0 Å². The number of amides is 1. The van der Waals surface area contributed by atoms with Gasteiger partial charge in [0.15, 0.2) is 0 Å². The average Bonchev–Trinajstić information content (AvgIpc) is 2.86. The third kappa shape index (κ3) is 4.01. The molecule has 3 aromatic rings. The Kier molecular flexibility index (Phi) is 5.43. The van der Waals surface area contributed by atoms with Crippen LogP contribution in [0.3, 0.4) is 0 Å². The predicted octanol–water partition coefficient (Wildman–Crippen LogP) is 3.11. The third-order valence-electron chi connectivity index (χ3n) is 6.73. The normalized spacial score (nSPS) is 23.4. The van der Waals surface area contributed by atoms with Crippen molar-refractivity contribution in [1.82, 2.24) is 25.2 Å². The van der Waals surface area contributed by atoms with Gasteiger partial charge in [-0.2, -0.15) is 0 Å². The van der Waals surface area contributed by atoms with Crippen LogP contribution < -0.4 is 10.6 Å². The first-order valence-corrected chi connectivity index (χ1v) is 11.6. The second-order valence-electron chi connectivity index (χ2n) is 9.03. The number of carbonyl (C=O) groups excluding carboxylic acids is 1. The van der Waals surface area contributed by atoms with Crippen LogP contribution in [0.15, 0.2) is 48.8 Å². The summed E-state index contributed by atoms with van der Waals surface area (Å²) in [5.41, 5.74) is 2.55. The van der Waals surface area contributed by atoms with Crippen molar-refractivity contribution in [2.24, 2.45) is 0 Å². The van der Waals surface area contributed by atoms with Crippen molar-refractivity contribution in [3.8, 4) is 11.3 Å².